The lowest BCUT2D eigenvalue weighted by molar-refractivity contribution is -0.144. The monoisotopic (exact) mass is 299 g/mol. The van der Waals surface area contributed by atoms with Crippen molar-refractivity contribution in [1.29, 1.82) is 0 Å². The third-order valence-electron chi connectivity index (χ3n) is 3.79. The molecule has 2 unspecified atom stereocenters. The van der Waals surface area contributed by atoms with Gasteiger partial charge in [0.25, 0.3) is 0 Å². The largest absolute Gasteiger partial charge is 0.480 e. The van der Waals surface area contributed by atoms with E-state index in [1.54, 1.807) is 7.05 Å². The number of carboxylic acid groups (broad SMARTS) is 1. The first-order chi connectivity index (χ1) is 9.99. The quantitative estimate of drug-likeness (QED) is 0.731. The molecule has 21 heavy (non-hydrogen) atoms. The first kappa shape index (κ1) is 15.6. The second-order valence-corrected chi connectivity index (χ2v) is 5.44. The van der Waals surface area contributed by atoms with Crippen LogP contribution in [0.3, 0.4) is 0 Å². The summed E-state index contributed by atoms with van der Waals surface area (Å²) in [5, 5.41) is 11.6. The Labute approximate surface area is 123 Å². The van der Waals surface area contributed by atoms with Crippen LogP contribution in [0.1, 0.15) is 19.3 Å². The topological polar surface area (TPSA) is 99.2 Å². The SMILES string of the molecule is CN(CC1CCCCO1)C(=O)N1CC(=O)NCC1C(=O)O. The first-order valence-corrected chi connectivity index (χ1v) is 7.12. The molecule has 0 aliphatic carbocycles. The number of amides is 3. The lowest BCUT2D eigenvalue weighted by Crippen LogP contribution is -2.61. The van der Waals surface area contributed by atoms with Gasteiger partial charge in [-0.2, -0.15) is 0 Å². The number of likely N-dealkylation sites (N-methyl/N-ethyl adjacent to an activating group) is 1. The number of urea groups is 1. The van der Waals surface area contributed by atoms with Crippen molar-refractivity contribution in [1.82, 2.24) is 15.1 Å². The van der Waals surface area contributed by atoms with Crippen LogP contribution < -0.4 is 5.32 Å². The van der Waals surface area contributed by atoms with Crippen molar-refractivity contribution in [3.8, 4) is 0 Å². The molecule has 2 atom stereocenters. The highest BCUT2D eigenvalue weighted by Gasteiger charge is 2.37. The van der Waals surface area contributed by atoms with Crippen LogP contribution in [0.25, 0.3) is 0 Å². The molecule has 0 bridgehead atoms. The van der Waals surface area contributed by atoms with Crippen molar-refractivity contribution in [2.45, 2.75) is 31.4 Å². The summed E-state index contributed by atoms with van der Waals surface area (Å²) in [5.74, 6) is -1.46. The van der Waals surface area contributed by atoms with Crippen molar-refractivity contribution in [2.75, 3.05) is 33.3 Å². The molecule has 2 aliphatic heterocycles. The average Bonchev–Trinajstić information content (AvgIpc) is 2.47. The molecule has 2 N–H and O–H groups in total. The van der Waals surface area contributed by atoms with Crippen LogP contribution >= 0.6 is 0 Å². The third kappa shape index (κ3) is 3.84. The number of carboxylic acids is 1. The molecule has 0 aromatic carbocycles. The van der Waals surface area contributed by atoms with E-state index in [4.69, 9.17) is 9.84 Å². The minimum atomic E-state index is -1.12. The molecule has 2 saturated heterocycles. The molecule has 0 saturated carbocycles. The fourth-order valence-corrected chi connectivity index (χ4v) is 2.62. The molecule has 0 aromatic rings. The Kier molecular flexibility index (Phi) is 5.00. The molecule has 2 aliphatic rings. The summed E-state index contributed by atoms with van der Waals surface area (Å²) >= 11 is 0. The molecule has 8 heteroatoms. The van der Waals surface area contributed by atoms with Gasteiger partial charge in [-0.25, -0.2) is 9.59 Å². The zero-order valence-electron chi connectivity index (χ0n) is 12.1. The maximum atomic E-state index is 12.4. The van der Waals surface area contributed by atoms with Gasteiger partial charge in [0.15, 0.2) is 0 Å². The Hall–Kier alpha value is -1.83. The van der Waals surface area contributed by atoms with Crippen LogP contribution in [-0.4, -0.2) is 78.2 Å². The highest BCUT2D eigenvalue weighted by Crippen LogP contribution is 2.15. The van der Waals surface area contributed by atoms with Gasteiger partial charge in [0.05, 0.1) is 6.10 Å². The van der Waals surface area contributed by atoms with Gasteiger partial charge in [-0.05, 0) is 19.3 Å². The van der Waals surface area contributed by atoms with Crippen molar-refractivity contribution < 1.29 is 24.2 Å². The van der Waals surface area contributed by atoms with Crippen LogP contribution in [0, 0.1) is 0 Å². The van der Waals surface area contributed by atoms with Gasteiger partial charge in [0.2, 0.25) is 5.91 Å². The van der Waals surface area contributed by atoms with Crippen LogP contribution in [0.2, 0.25) is 0 Å². The standard InChI is InChI=1S/C13H21N3O5/c1-15(7-9-4-2-3-5-21-9)13(20)16-8-11(17)14-6-10(16)12(18)19/h9-10H,2-8H2,1H3,(H,14,17)(H,18,19). The van der Waals surface area contributed by atoms with E-state index >= 15 is 0 Å². The van der Waals surface area contributed by atoms with Crippen molar-refractivity contribution in [3.63, 3.8) is 0 Å². The summed E-state index contributed by atoms with van der Waals surface area (Å²) in [5.41, 5.74) is 0. The number of carbonyl (C=O) groups is 3. The molecule has 0 spiro atoms. The number of piperazine rings is 1. The maximum absolute atomic E-state index is 12.4. The minimum absolute atomic E-state index is 0.0189. The Morgan fingerprint density at radius 2 is 2.24 bits per heavy atom. The number of ether oxygens (including phenoxy) is 1. The molecule has 8 nitrogen and oxygen atoms in total. The molecule has 2 rings (SSSR count). The van der Waals surface area contributed by atoms with Gasteiger partial charge in [-0.15, -0.1) is 0 Å². The summed E-state index contributed by atoms with van der Waals surface area (Å²) in [4.78, 5) is 37.5. The molecular weight excluding hydrogens is 278 g/mol. The normalized spacial score (nSPS) is 26.1. The molecular formula is C13H21N3O5. The van der Waals surface area contributed by atoms with Gasteiger partial charge in [0.1, 0.15) is 12.6 Å². The Morgan fingerprint density at radius 3 is 2.86 bits per heavy atom. The average molecular weight is 299 g/mol. The highest BCUT2D eigenvalue weighted by atomic mass is 16.5. The van der Waals surface area contributed by atoms with E-state index < -0.39 is 18.0 Å². The second kappa shape index (κ2) is 6.75. The van der Waals surface area contributed by atoms with Gasteiger partial charge in [-0.3, -0.25) is 9.69 Å². The van der Waals surface area contributed by atoms with E-state index in [1.807, 2.05) is 0 Å². The van der Waals surface area contributed by atoms with E-state index in [1.165, 1.54) is 4.90 Å². The zero-order chi connectivity index (χ0) is 15.4. The van der Waals surface area contributed by atoms with Gasteiger partial charge >= 0.3 is 12.0 Å². The molecule has 0 radical (unpaired) electrons. The van der Waals surface area contributed by atoms with Crippen molar-refractivity contribution in [2.24, 2.45) is 0 Å². The van der Waals surface area contributed by atoms with Gasteiger partial charge in [0, 0.05) is 26.7 Å². The lowest BCUT2D eigenvalue weighted by Gasteiger charge is -2.36. The molecule has 118 valence electrons. The summed E-state index contributed by atoms with van der Waals surface area (Å²) in [7, 11) is 1.60. The maximum Gasteiger partial charge on any atom is 0.328 e. The summed E-state index contributed by atoms with van der Waals surface area (Å²) in [6.07, 6.45) is 2.97. The molecule has 2 heterocycles. The summed E-state index contributed by atoms with van der Waals surface area (Å²) in [6.45, 7) is 0.805. The number of aliphatic carboxylic acids is 1. The van der Waals surface area contributed by atoms with Crippen molar-refractivity contribution in [3.05, 3.63) is 0 Å². The predicted molar refractivity (Wildman–Crippen MR) is 72.8 cm³/mol. The summed E-state index contributed by atoms with van der Waals surface area (Å²) < 4.78 is 5.57. The fourth-order valence-electron chi connectivity index (χ4n) is 2.62. The smallest absolute Gasteiger partial charge is 0.328 e. The fraction of sp³-hybridized carbons (Fsp3) is 0.769. The van der Waals surface area contributed by atoms with E-state index in [0.717, 1.165) is 24.2 Å². The predicted octanol–water partition coefficient (Wildman–Crippen LogP) is -0.508. The zero-order valence-corrected chi connectivity index (χ0v) is 12.1. The Bertz CT molecular complexity index is 422. The number of carbonyl (C=O) groups excluding carboxylic acids is 2. The second-order valence-electron chi connectivity index (χ2n) is 5.44. The number of rotatable bonds is 3. The molecule has 2 fully saturated rings. The van der Waals surface area contributed by atoms with Gasteiger partial charge < -0.3 is 20.1 Å². The Morgan fingerprint density at radius 1 is 1.48 bits per heavy atom. The van der Waals surface area contributed by atoms with Crippen LogP contribution in [0.15, 0.2) is 0 Å². The van der Waals surface area contributed by atoms with E-state index in [0.29, 0.717) is 13.2 Å². The third-order valence-corrected chi connectivity index (χ3v) is 3.79. The number of nitrogens with zero attached hydrogens (tertiary/aromatic N) is 2. The molecule has 0 aromatic heterocycles. The Balaban J connectivity index is 1.97. The van der Waals surface area contributed by atoms with Crippen molar-refractivity contribution >= 4 is 17.9 Å². The van der Waals surface area contributed by atoms with E-state index in [9.17, 15) is 14.4 Å². The van der Waals surface area contributed by atoms with Crippen LogP contribution in [-0.2, 0) is 14.3 Å². The van der Waals surface area contributed by atoms with Gasteiger partial charge in [-0.1, -0.05) is 0 Å². The molecule has 3 amide bonds. The minimum Gasteiger partial charge on any atom is -0.480 e. The number of hydrogen-bond donors (Lipinski definition) is 2. The number of hydrogen-bond acceptors (Lipinski definition) is 4. The lowest BCUT2D eigenvalue weighted by atomic mass is 10.1. The van der Waals surface area contributed by atoms with E-state index in [-0.39, 0.29) is 25.1 Å². The summed E-state index contributed by atoms with van der Waals surface area (Å²) in [6, 6.07) is -1.48. The van der Waals surface area contributed by atoms with Crippen LogP contribution in [0.5, 0.6) is 0 Å². The first-order valence-electron chi connectivity index (χ1n) is 7.12. The van der Waals surface area contributed by atoms with Crippen LogP contribution in [0.4, 0.5) is 4.79 Å². The number of nitrogens with one attached hydrogen (secondary N) is 1. The highest BCUT2D eigenvalue weighted by molar-refractivity contribution is 5.90. The van der Waals surface area contributed by atoms with E-state index in [2.05, 4.69) is 5.32 Å².